The molecule has 0 spiro atoms. The van der Waals surface area contributed by atoms with Crippen molar-refractivity contribution in [2.75, 3.05) is 5.73 Å². The molecular formula is C9H13N3O2. The quantitative estimate of drug-likeness (QED) is 0.644. The van der Waals surface area contributed by atoms with Gasteiger partial charge < -0.3 is 16.6 Å². The van der Waals surface area contributed by atoms with Gasteiger partial charge in [0.15, 0.2) is 0 Å². The van der Waals surface area contributed by atoms with E-state index >= 15 is 0 Å². The molecule has 76 valence electrons. The Balaban J connectivity index is 2.97. The first kappa shape index (κ1) is 10.5. The van der Waals surface area contributed by atoms with Crippen molar-refractivity contribution in [1.29, 1.82) is 0 Å². The van der Waals surface area contributed by atoms with Crippen molar-refractivity contribution < 1.29 is 9.90 Å². The summed E-state index contributed by atoms with van der Waals surface area (Å²) in [5, 5.41) is 8.64. The van der Waals surface area contributed by atoms with Crippen molar-refractivity contribution >= 4 is 11.7 Å². The molecule has 0 radical (unpaired) electrons. The Morgan fingerprint density at radius 2 is 2.36 bits per heavy atom. The molecule has 0 aromatic carbocycles. The highest BCUT2D eigenvalue weighted by Gasteiger charge is 2.26. The normalized spacial score (nSPS) is 14.7. The summed E-state index contributed by atoms with van der Waals surface area (Å²) in [6.07, 6.45) is 1.33. The Morgan fingerprint density at radius 3 is 2.86 bits per heavy atom. The molecule has 0 fully saturated rings. The summed E-state index contributed by atoms with van der Waals surface area (Å²) < 4.78 is 0. The molecule has 1 unspecified atom stereocenters. The van der Waals surface area contributed by atoms with E-state index < -0.39 is 11.5 Å². The summed E-state index contributed by atoms with van der Waals surface area (Å²) in [6, 6.07) is 3.21. The third kappa shape index (κ3) is 2.43. The van der Waals surface area contributed by atoms with Gasteiger partial charge in [-0.1, -0.05) is 0 Å². The highest BCUT2D eigenvalue weighted by Crippen LogP contribution is 2.20. The Kier molecular flexibility index (Phi) is 2.71. The van der Waals surface area contributed by atoms with Gasteiger partial charge in [0, 0.05) is 11.9 Å². The lowest BCUT2D eigenvalue weighted by Crippen LogP contribution is -2.36. The second-order valence-corrected chi connectivity index (χ2v) is 3.46. The van der Waals surface area contributed by atoms with Crippen LogP contribution in [-0.4, -0.2) is 16.1 Å². The number of aromatic nitrogens is 1. The van der Waals surface area contributed by atoms with Crippen LogP contribution in [0.1, 0.15) is 19.0 Å². The molecule has 5 N–H and O–H groups in total. The molecular weight excluding hydrogens is 182 g/mol. The first-order valence-electron chi connectivity index (χ1n) is 4.14. The van der Waals surface area contributed by atoms with E-state index in [1.54, 1.807) is 19.1 Å². The lowest BCUT2D eigenvalue weighted by Gasteiger charge is -2.21. The van der Waals surface area contributed by atoms with E-state index in [0.29, 0.717) is 11.4 Å². The molecule has 1 aromatic heterocycles. The Bertz CT molecular complexity index is 350. The van der Waals surface area contributed by atoms with Crippen LogP contribution in [0.3, 0.4) is 0 Å². The molecule has 5 nitrogen and oxygen atoms in total. The van der Waals surface area contributed by atoms with Crippen LogP contribution in [-0.2, 0) is 10.3 Å². The van der Waals surface area contributed by atoms with Crippen LogP contribution >= 0.6 is 0 Å². The smallest absolute Gasteiger partial charge is 0.305 e. The fraction of sp³-hybridized carbons (Fsp3) is 0.333. The lowest BCUT2D eigenvalue weighted by atomic mass is 9.94. The van der Waals surface area contributed by atoms with Gasteiger partial charge in [0.1, 0.15) is 0 Å². The Labute approximate surface area is 81.7 Å². The molecule has 0 saturated carbocycles. The first-order chi connectivity index (χ1) is 6.42. The molecule has 0 saturated heterocycles. The van der Waals surface area contributed by atoms with Crippen LogP contribution in [0.4, 0.5) is 5.69 Å². The minimum atomic E-state index is -0.985. The molecule has 1 heterocycles. The highest BCUT2D eigenvalue weighted by atomic mass is 16.4. The molecule has 0 aliphatic rings. The van der Waals surface area contributed by atoms with E-state index in [9.17, 15) is 4.79 Å². The monoisotopic (exact) mass is 195 g/mol. The maximum absolute atomic E-state index is 10.5. The zero-order valence-corrected chi connectivity index (χ0v) is 7.90. The lowest BCUT2D eigenvalue weighted by molar-refractivity contribution is -0.138. The number of aliphatic carboxylic acids is 1. The molecule has 0 bridgehead atoms. The Hall–Kier alpha value is -1.62. The van der Waals surface area contributed by atoms with Crippen LogP contribution in [0.25, 0.3) is 0 Å². The second-order valence-electron chi connectivity index (χ2n) is 3.46. The van der Waals surface area contributed by atoms with Crippen LogP contribution in [0.5, 0.6) is 0 Å². The number of carbonyl (C=O) groups is 1. The van der Waals surface area contributed by atoms with Crippen molar-refractivity contribution in [3.05, 3.63) is 24.0 Å². The molecule has 5 heteroatoms. The van der Waals surface area contributed by atoms with E-state index in [1.165, 1.54) is 6.20 Å². The van der Waals surface area contributed by atoms with Gasteiger partial charge in [-0.15, -0.1) is 0 Å². The standard InChI is InChI=1S/C9H13N3O2/c1-9(11,5-8(13)14)7-4-6(10)2-3-12-7/h2-4H,5,11H2,1H3,(H2,10,12)(H,13,14). The maximum Gasteiger partial charge on any atom is 0.305 e. The number of carboxylic acids is 1. The van der Waals surface area contributed by atoms with Crippen molar-refractivity contribution in [2.45, 2.75) is 18.9 Å². The van der Waals surface area contributed by atoms with Gasteiger partial charge in [-0.25, -0.2) is 0 Å². The van der Waals surface area contributed by atoms with Crippen LogP contribution < -0.4 is 11.5 Å². The third-order valence-electron chi connectivity index (χ3n) is 1.89. The van der Waals surface area contributed by atoms with Gasteiger partial charge in [0.05, 0.1) is 17.7 Å². The molecule has 0 amide bonds. The maximum atomic E-state index is 10.5. The van der Waals surface area contributed by atoms with Crippen LogP contribution in [0.15, 0.2) is 18.3 Å². The van der Waals surface area contributed by atoms with Gasteiger partial charge in [-0.3, -0.25) is 9.78 Å². The van der Waals surface area contributed by atoms with Crippen LogP contribution in [0, 0.1) is 0 Å². The third-order valence-corrected chi connectivity index (χ3v) is 1.89. The first-order valence-corrected chi connectivity index (χ1v) is 4.14. The number of hydrogen-bond donors (Lipinski definition) is 3. The van der Waals surface area contributed by atoms with Gasteiger partial charge >= 0.3 is 5.97 Å². The van der Waals surface area contributed by atoms with Crippen molar-refractivity contribution in [1.82, 2.24) is 4.98 Å². The number of nitrogens with zero attached hydrogens (tertiary/aromatic N) is 1. The number of rotatable bonds is 3. The van der Waals surface area contributed by atoms with Crippen LogP contribution in [0.2, 0.25) is 0 Å². The van der Waals surface area contributed by atoms with E-state index in [1.807, 2.05) is 0 Å². The number of pyridine rings is 1. The molecule has 14 heavy (non-hydrogen) atoms. The van der Waals surface area contributed by atoms with Gasteiger partial charge in [0.25, 0.3) is 0 Å². The summed E-state index contributed by atoms with van der Waals surface area (Å²) in [5.74, 6) is -0.959. The van der Waals surface area contributed by atoms with Crippen molar-refractivity contribution in [3.8, 4) is 0 Å². The van der Waals surface area contributed by atoms with E-state index in [4.69, 9.17) is 16.6 Å². The average molecular weight is 195 g/mol. The summed E-state index contributed by atoms with van der Waals surface area (Å²) in [6.45, 7) is 1.61. The van der Waals surface area contributed by atoms with Crippen molar-refractivity contribution in [3.63, 3.8) is 0 Å². The zero-order chi connectivity index (χ0) is 10.8. The fourth-order valence-electron chi connectivity index (χ4n) is 1.16. The fourth-order valence-corrected chi connectivity index (χ4v) is 1.16. The van der Waals surface area contributed by atoms with E-state index in [-0.39, 0.29) is 6.42 Å². The number of nitrogens with two attached hydrogens (primary N) is 2. The molecule has 1 aromatic rings. The van der Waals surface area contributed by atoms with Gasteiger partial charge in [0.2, 0.25) is 0 Å². The minimum Gasteiger partial charge on any atom is -0.481 e. The summed E-state index contributed by atoms with van der Waals surface area (Å²) in [4.78, 5) is 14.5. The summed E-state index contributed by atoms with van der Waals surface area (Å²) >= 11 is 0. The Morgan fingerprint density at radius 1 is 1.71 bits per heavy atom. The summed E-state index contributed by atoms with van der Waals surface area (Å²) in [7, 11) is 0. The van der Waals surface area contributed by atoms with Gasteiger partial charge in [-0.2, -0.15) is 0 Å². The number of carboxylic acid groups (broad SMARTS) is 1. The van der Waals surface area contributed by atoms with E-state index in [2.05, 4.69) is 4.98 Å². The SMILES string of the molecule is CC(N)(CC(=O)O)c1cc(N)ccn1. The molecule has 1 atom stereocenters. The average Bonchev–Trinajstić information content (AvgIpc) is 2.01. The van der Waals surface area contributed by atoms with Gasteiger partial charge in [-0.05, 0) is 19.1 Å². The largest absolute Gasteiger partial charge is 0.481 e. The number of anilines is 1. The summed E-state index contributed by atoms with van der Waals surface area (Å²) in [5.41, 5.74) is 11.4. The number of hydrogen-bond acceptors (Lipinski definition) is 4. The molecule has 0 aliphatic carbocycles. The molecule has 1 rings (SSSR count). The molecule has 0 aliphatic heterocycles. The number of nitrogen functional groups attached to an aromatic ring is 1. The zero-order valence-electron chi connectivity index (χ0n) is 7.90. The highest BCUT2D eigenvalue weighted by molar-refractivity contribution is 5.68. The van der Waals surface area contributed by atoms with E-state index in [0.717, 1.165) is 0 Å². The topological polar surface area (TPSA) is 102 Å². The van der Waals surface area contributed by atoms with Crippen molar-refractivity contribution in [2.24, 2.45) is 5.73 Å². The minimum absolute atomic E-state index is 0.177. The second kappa shape index (κ2) is 3.63. The predicted octanol–water partition coefficient (Wildman–Crippen LogP) is 0.312. The predicted molar refractivity (Wildman–Crippen MR) is 52.4 cm³/mol.